The molecule has 18 heavy (non-hydrogen) atoms. The molecule has 0 aliphatic rings. The average molecular weight is 272 g/mol. The first-order valence-electron chi connectivity index (χ1n) is 5.07. The number of hydrogen-bond donors (Lipinski definition) is 0. The monoisotopic (exact) mass is 272 g/mol. The predicted octanol–water partition coefficient (Wildman–Crippen LogP) is 4.51. The molecule has 0 saturated heterocycles. The molecule has 0 amide bonds. The fourth-order valence-electron chi connectivity index (χ4n) is 1.23. The van der Waals surface area contributed by atoms with E-state index >= 15 is 0 Å². The lowest BCUT2D eigenvalue weighted by Crippen LogP contribution is -2.11. The van der Waals surface area contributed by atoms with Crippen LogP contribution in [0.25, 0.3) is 0 Å². The average Bonchev–Trinajstić information content (AvgIpc) is 2.23. The molecule has 0 saturated carbocycles. The van der Waals surface area contributed by atoms with Gasteiger partial charge in [-0.1, -0.05) is 6.92 Å². The molecular weight excluding hydrogens is 262 g/mol. The Morgan fingerprint density at radius 3 is 1.67 bits per heavy atom. The molecular formula is C11H10F6O. The number of hydrogen-bond acceptors (Lipinski definition) is 1. The molecule has 0 aliphatic carbocycles. The highest BCUT2D eigenvalue weighted by Crippen LogP contribution is 2.38. The van der Waals surface area contributed by atoms with E-state index in [2.05, 4.69) is 0 Å². The van der Waals surface area contributed by atoms with Crippen LogP contribution in [0.3, 0.4) is 0 Å². The van der Waals surface area contributed by atoms with E-state index in [1.807, 2.05) is 0 Å². The van der Waals surface area contributed by atoms with Gasteiger partial charge in [0, 0.05) is 0 Å². The highest BCUT2D eigenvalue weighted by molar-refractivity contribution is 5.37. The Morgan fingerprint density at radius 1 is 0.889 bits per heavy atom. The molecule has 1 aromatic rings. The van der Waals surface area contributed by atoms with Crippen LogP contribution in [0.1, 0.15) is 24.5 Å². The summed E-state index contributed by atoms with van der Waals surface area (Å²) >= 11 is 0. The third-order valence-electron chi connectivity index (χ3n) is 2.03. The van der Waals surface area contributed by atoms with Crippen LogP contribution in [0, 0.1) is 0 Å². The van der Waals surface area contributed by atoms with E-state index in [1.54, 1.807) is 6.92 Å². The molecule has 0 bridgehead atoms. The summed E-state index contributed by atoms with van der Waals surface area (Å²) in [6.07, 6.45) is -9.20. The van der Waals surface area contributed by atoms with Gasteiger partial charge in [0.2, 0.25) is 0 Å². The highest BCUT2D eigenvalue weighted by atomic mass is 19.4. The van der Waals surface area contributed by atoms with Gasteiger partial charge in [0.15, 0.2) is 0 Å². The second-order valence-electron chi connectivity index (χ2n) is 3.59. The van der Waals surface area contributed by atoms with Crippen LogP contribution in [-0.2, 0) is 12.4 Å². The standard InChI is InChI=1S/C11H10F6O/c1-2-3-18-9-5-7(10(12,13)14)4-8(6-9)11(15,16)17/h4-6H,2-3H2,1H3. The van der Waals surface area contributed by atoms with E-state index in [9.17, 15) is 26.3 Å². The number of halogens is 6. The summed E-state index contributed by atoms with van der Waals surface area (Å²) in [5.41, 5.74) is -2.74. The van der Waals surface area contributed by atoms with E-state index in [0.29, 0.717) is 18.6 Å². The maximum atomic E-state index is 12.4. The number of benzene rings is 1. The lowest BCUT2D eigenvalue weighted by atomic mass is 10.1. The second kappa shape index (κ2) is 5.07. The van der Waals surface area contributed by atoms with Crippen molar-refractivity contribution in [2.24, 2.45) is 0 Å². The molecule has 0 atom stereocenters. The zero-order valence-electron chi connectivity index (χ0n) is 9.32. The maximum absolute atomic E-state index is 12.4. The molecule has 1 aromatic carbocycles. The first kappa shape index (κ1) is 14.7. The summed E-state index contributed by atoms with van der Waals surface area (Å²) in [6.45, 7) is 1.75. The predicted molar refractivity (Wildman–Crippen MR) is 52.2 cm³/mol. The van der Waals surface area contributed by atoms with Crippen molar-refractivity contribution in [3.05, 3.63) is 29.3 Å². The van der Waals surface area contributed by atoms with Crippen molar-refractivity contribution in [2.45, 2.75) is 25.7 Å². The van der Waals surface area contributed by atoms with Gasteiger partial charge in [0.25, 0.3) is 0 Å². The molecule has 0 unspecified atom stereocenters. The molecule has 1 nitrogen and oxygen atoms in total. The van der Waals surface area contributed by atoms with E-state index in [-0.39, 0.29) is 12.7 Å². The second-order valence-corrected chi connectivity index (χ2v) is 3.59. The Hall–Kier alpha value is -1.40. The number of ether oxygens (including phenoxy) is 1. The molecule has 1 rings (SSSR count). The van der Waals surface area contributed by atoms with Crippen LogP contribution in [0.4, 0.5) is 26.3 Å². The van der Waals surface area contributed by atoms with Gasteiger partial charge >= 0.3 is 12.4 Å². The minimum atomic E-state index is -4.84. The summed E-state index contributed by atoms with van der Waals surface area (Å²) in [4.78, 5) is 0. The molecule has 0 fully saturated rings. The minimum absolute atomic E-state index is 0.0542. The van der Waals surface area contributed by atoms with E-state index in [4.69, 9.17) is 4.74 Å². The molecule has 0 aliphatic heterocycles. The Bertz CT molecular complexity index is 375. The molecule has 0 radical (unpaired) electrons. The lowest BCUT2D eigenvalue weighted by molar-refractivity contribution is -0.143. The van der Waals surface area contributed by atoms with Crippen LogP contribution < -0.4 is 4.74 Å². The third-order valence-corrected chi connectivity index (χ3v) is 2.03. The molecule has 0 N–H and O–H groups in total. The normalized spacial score (nSPS) is 12.6. The fourth-order valence-corrected chi connectivity index (χ4v) is 1.23. The van der Waals surface area contributed by atoms with Gasteiger partial charge in [0.05, 0.1) is 17.7 Å². The smallest absolute Gasteiger partial charge is 0.416 e. The molecule has 0 heterocycles. The van der Waals surface area contributed by atoms with Gasteiger partial charge < -0.3 is 4.74 Å². The Kier molecular flexibility index (Phi) is 4.13. The lowest BCUT2D eigenvalue weighted by Gasteiger charge is -2.14. The Balaban J connectivity index is 3.21. The first-order chi connectivity index (χ1) is 8.14. The number of alkyl halides is 6. The molecule has 0 spiro atoms. The van der Waals surface area contributed by atoms with Crippen molar-refractivity contribution >= 4 is 0 Å². The Morgan fingerprint density at radius 2 is 1.33 bits per heavy atom. The van der Waals surface area contributed by atoms with Crippen molar-refractivity contribution in [1.82, 2.24) is 0 Å². The topological polar surface area (TPSA) is 9.23 Å². The SMILES string of the molecule is CCCOc1cc(C(F)(F)F)cc(C(F)(F)F)c1. The van der Waals surface area contributed by atoms with Crippen LogP contribution >= 0.6 is 0 Å². The number of rotatable bonds is 3. The largest absolute Gasteiger partial charge is 0.494 e. The van der Waals surface area contributed by atoms with Crippen LogP contribution in [0.2, 0.25) is 0 Å². The van der Waals surface area contributed by atoms with Gasteiger partial charge in [-0.15, -0.1) is 0 Å². The summed E-state index contributed by atoms with van der Waals surface area (Å²) in [7, 11) is 0. The summed E-state index contributed by atoms with van der Waals surface area (Å²) in [6, 6.07) is 1.19. The van der Waals surface area contributed by atoms with Crippen molar-refractivity contribution < 1.29 is 31.1 Å². The first-order valence-corrected chi connectivity index (χ1v) is 5.07. The zero-order chi connectivity index (χ0) is 14.0. The summed E-state index contributed by atoms with van der Waals surface area (Å²) < 4.78 is 79.4. The summed E-state index contributed by atoms with van der Waals surface area (Å²) in [5.74, 6) is -0.431. The fraction of sp³-hybridized carbons (Fsp3) is 0.455. The van der Waals surface area contributed by atoms with Crippen molar-refractivity contribution in [1.29, 1.82) is 0 Å². The van der Waals surface area contributed by atoms with Gasteiger partial charge in [-0.3, -0.25) is 0 Å². The summed E-state index contributed by atoms with van der Waals surface area (Å²) in [5, 5.41) is 0. The van der Waals surface area contributed by atoms with Crippen LogP contribution in [-0.4, -0.2) is 6.61 Å². The van der Waals surface area contributed by atoms with Crippen LogP contribution in [0.5, 0.6) is 5.75 Å². The highest BCUT2D eigenvalue weighted by Gasteiger charge is 2.37. The van der Waals surface area contributed by atoms with Gasteiger partial charge in [-0.05, 0) is 24.6 Å². The van der Waals surface area contributed by atoms with E-state index < -0.39 is 29.2 Å². The van der Waals surface area contributed by atoms with Crippen molar-refractivity contribution in [3.8, 4) is 5.75 Å². The van der Waals surface area contributed by atoms with Crippen LogP contribution in [0.15, 0.2) is 18.2 Å². The maximum Gasteiger partial charge on any atom is 0.416 e. The van der Waals surface area contributed by atoms with Crippen molar-refractivity contribution in [2.75, 3.05) is 6.61 Å². The van der Waals surface area contributed by atoms with E-state index in [0.717, 1.165) is 0 Å². The Labute approximate surface area is 99.4 Å². The molecule has 0 aromatic heterocycles. The third kappa shape index (κ3) is 3.82. The van der Waals surface area contributed by atoms with Gasteiger partial charge in [0.1, 0.15) is 5.75 Å². The molecule has 102 valence electrons. The molecule has 7 heteroatoms. The quantitative estimate of drug-likeness (QED) is 0.735. The van der Waals surface area contributed by atoms with Crippen molar-refractivity contribution in [3.63, 3.8) is 0 Å². The van der Waals surface area contributed by atoms with Gasteiger partial charge in [-0.25, -0.2) is 0 Å². The minimum Gasteiger partial charge on any atom is -0.494 e. The van der Waals surface area contributed by atoms with E-state index in [1.165, 1.54) is 0 Å². The van der Waals surface area contributed by atoms with Gasteiger partial charge in [-0.2, -0.15) is 26.3 Å². The zero-order valence-corrected chi connectivity index (χ0v) is 9.32.